The summed E-state index contributed by atoms with van der Waals surface area (Å²) in [5.74, 6) is -1.82. The number of benzene rings is 2. The molecule has 2 aliphatic rings. The van der Waals surface area contributed by atoms with Gasteiger partial charge in [-0.1, -0.05) is 6.07 Å². The number of rotatable bonds is 3. The van der Waals surface area contributed by atoms with Gasteiger partial charge in [0, 0.05) is 28.9 Å². The highest BCUT2D eigenvalue weighted by atomic mass is 32.1. The maximum absolute atomic E-state index is 13.8. The second-order valence-corrected chi connectivity index (χ2v) is 9.81. The summed E-state index contributed by atoms with van der Waals surface area (Å²) in [5.41, 5.74) is 6.62. The minimum Gasteiger partial charge on any atom is -0.369 e. The van der Waals surface area contributed by atoms with Gasteiger partial charge in [0.05, 0.1) is 35.7 Å². The van der Waals surface area contributed by atoms with Gasteiger partial charge in [-0.3, -0.25) is 14.5 Å². The predicted octanol–water partition coefficient (Wildman–Crippen LogP) is 3.05. The Hall–Kier alpha value is -4.54. The van der Waals surface area contributed by atoms with E-state index in [-0.39, 0.29) is 30.5 Å². The fraction of sp³-hybridized carbons (Fsp3) is 0.192. The van der Waals surface area contributed by atoms with Crippen LogP contribution in [0.5, 0.6) is 0 Å². The van der Waals surface area contributed by atoms with Gasteiger partial charge in [0.15, 0.2) is 5.96 Å². The molecule has 2 aliphatic heterocycles. The quantitative estimate of drug-likeness (QED) is 0.594. The first-order chi connectivity index (χ1) is 17.3. The van der Waals surface area contributed by atoms with Crippen LogP contribution in [0.3, 0.4) is 0 Å². The van der Waals surface area contributed by atoms with Crippen molar-refractivity contribution in [3.8, 4) is 22.6 Å². The van der Waals surface area contributed by atoms with Crippen LogP contribution in [0, 0.1) is 34.4 Å². The first-order valence-corrected chi connectivity index (χ1v) is 11.8. The highest BCUT2D eigenvalue weighted by Gasteiger charge is 2.57. The molecule has 1 fully saturated rings. The normalized spacial score (nSPS) is 20.9. The van der Waals surface area contributed by atoms with E-state index in [1.165, 1.54) is 51.5 Å². The maximum Gasteiger partial charge on any atom is 0.254 e. The Labute approximate surface area is 210 Å². The summed E-state index contributed by atoms with van der Waals surface area (Å²) in [4.78, 5) is 35.6. The van der Waals surface area contributed by atoms with Crippen LogP contribution in [-0.2, 0) is 10.3 Å². The molecule has 10 heteroatoms. The molecule has 3 aromatic rings. The molecule has 0 spiro atoms. The Morgan fingerprint density at radius 3 is 2.56 bits per heavy atom. The molecule has 5 rings (SSSR count). The minimum absolute atomic E-state index is 0.0458. The van der Waals surface area contributed by atoms with E-state index in [0.717, 1.165) is 9.75 Å². The van der Waals surface area contributed by atoms with Crippen molar-refractivity contribution in [2.75, 3.05) is 20.1 Å². The lowest BCUT2D eigenvalue weighted by molar-refractivity contribution is -0.132. The van der Waals surface area contributed by atoms with E-state index in [1.807, 2.05) is 12.1 Å². The van der Waals surface area contributed by atoms with Gasteiger partial charge >= 0.3 is 0 Å². The molecule has 0 unspecified atom stereocenters. The SMILES string of the molecule is CN1C(=O)[C@@H]2CN(C(=O)c3cccc(F)c3)C[C@]2(c2ccc(-c3cc(C#N)cc(C#N)c3)s2)N=C1N. The highest BCUT2D eigenvalue weighted by Crippen LogP contribution is 2.48. The van der Waals surface area contributed by atoms with Crippen molar-refractivity contribution in [1.82, 2.24) is 9.80 Å². The van der Waals surface area contributed by atoms with Crippen LogP contribution < -0.4 is 5.73 Å². The number of guanidine groups is 1. The first-order valence-electron chi connectivity index (χ1n) is 11.0. The van der Waals surface area contributed by atoms with Gasteiger partial charge in [0.25, 0.3) is 5.91 Å². The molecule has 1 aromatic heterocycles. The molecule has 2 N–H and O–H groups in total. The Kier molecular flexibility index (Phi) is 5.54. The van der Waals surface area contributed by atoms with Gasteiger partial charge in [-0.15, -0.1) is 11.3 Å². The number of amides is 2. The van der Waals surface area contributed by atoms with Gasteiger partial charge in [0.1, 0.15) is 11.4 Å². The Bertz CT molecular complexity index is 1500. The Morgan fingerprint density at radius 1 is 1.17 bits per heavy atom. The molecule has 0 aliphatic carbocycles. The van der Waals surface area contributed by atoms with Crippen molar-refractivity contribution < 1.29 is 14.0 Å². The van der Waals surface area contributed by atoms with Crippen molar-refractivity contribution in [3.05, 3.63) is 82.0 Å². The number of nitrogens with zero attached hydrogens (tertiary/aromatic N) is 5. The largest absolute Gasteiger partial charge is 0.369 e. The van der Waals surface area contributed by atoms with Crippen LogP contribution in [0.1, 0.15) is 26.4 Å². The van der Waals surface area contributed by atoms with Crippen molar-refractivity contribution in [1.29, 1.82) is 10.5 Å². The molecule has 0 saturated carbocycles. The topological polar surface area (TPSA) is 127 Å². The van der Waals surface area contributed by atoms with E-state index < -0.39 is 23.2 Å². The van der Waals surface area contributed by atoms with Crippen LogP contribution in [0.4, 0.5) is 4.39 Å². The number of nitrogens with two attached hydrogens (primary N) is 1. The van der Waals surface area contributed by atoms with Crippen LogP contribution >= 0.6 is 11.3 Å². The Morgan fingerprint density at radius 2 is 1.89 bits per heavy atom. The number of fused-ring (bicyclic) bond motifs is 1. The molecule has 0 radical (unpaired) electrons. The first kappa shape index (κ1) is 23.2. The average molecular weight is 499 g/mol. The smallest absolute Gasteiger partial charge is 0.254 e. The molecule has 178 valence electrons. The number of halogens is 1. The third kappa shape index (κ3) is 3.69. The second-order valence-electron chi connectivity index (χ2n) is 8.73. The lowest BCUT2D eigenvalue weighted by Crippen LogP contribution is -2.54. The summed E-state index contributed by atoms with van der Waals surface area (Å²) in [6, 6.07) is 18.1. The van der Waals surface area contributed by atoms with E-state index in [1.54, 1.807) is 19.2 Å². The van der Waals surface area contributed by atoms with Crippen LogP contribution in [0.25, 0.3) is 10.4 Å². The van der Waals surface area contributed by atoms with Crippen molar-refractivity contribution in [2.24, 2.45) is 16.6 Å². The fourth-order valence-electron chi connectivity index (χ4n) is 4.75. The van der Waals surface area contributed by atoms with Crippen molar-refractivity contribution >= 4 is 29.1 Å². The number of carbonyl (C=O) groups is 2. The number of nitriles is 2. The van der Waals surface area contributed by atoms with E-state index in [9.17, 15) is 24.5 Å². The summed E-state index contributed by atoms with van der Waals surface area (Å²) in [6.45, 7) is 0.194. The van der Waals surface area contributed by atoms with Gasteiger partial charge in [-0.05, 0) is 54.1 Å². The van der Waals surface area contributed by atoms with Crippen LogP contribution in [0.15, 0.2) is 59.6 Å². The van der Waals surface area contributed by atoms with E-state index in [0.29, 0.717) is 16.7 Å². The van der Waals surface area contributed by atoms with Crippen molar-refractivity contribution in [2.45, 2.75) is 5.54 Å². The van der Waals surface area contributed by atoms with E-state index >= 15 is 0 Å². The number of aliphatic imine (C=N–C) groups is 1. The molecule has 2 aromatic carbocycles. The monoisotopic (exact) mass is 498 g/mol. The standard InChI is InChI=1S/C26H19FN6O2S/c1-32-24(35)20-13-33(23(34)17-3-2-4-19(27)10-17)14-26(20,31-25(32)30)22-6-5-21(36-22)18-8-15(11-28)7-16(9-18)12-29/h2-10,20H,13-14H2,1H3,(H2,30,31)/t20-,26-/m0/s1. The maximum atomic E-state index is 13.8. The molecule has 36 heavy (non-hydrogen) atoms. The molecule has 3 heterocycles. The number of hydrogen-bond donors (Lipinski definition) is 1. The lowest BCUT2D eigenvalue weighted by atomic mass is 9.84. The molecular weight excluding hydrogens is 479 g/mol. The second kappa shape index (κ2) is 8.59. The zero-order chi connectivity index (χ0) is 25.6. The van der Waals surface area contributed by atoms with Crippen LogP contribution in [0.2, 0.25) is 0 Å². The predicted molar refractivity (Wildman–Crippen MR) is 131 cm³/mol. The van der Waals surface area contributed by atoms with Gasteiger partial charge in [-0.25, -0.2) is 9.38 Å². The fourth-order valence-corrected chi connectivity index (χ4v) is 5.92. The molecule has 0 bridgehead atoms. The zero-order valence-corrected chi connectivity index (χ0v) is 19.9. The summed E-state index contributed by atoms with van der Waals surface area (Å²) in [6.07, 6.45) is 0. The van der Waals surface area contributed by atoms with Gasteiger partial charge < -0.3 is 10.6 Å². The highest BCUT2D eigenvalue weighted by molar-refractivity contribution is 7.15. The molecule has 2 amide bonds. The molecule has 1 saturated heterocycles. The zero-order valence-electron chi connectivity index (χ0n) is 19.1. The van der Waals surface area contributed by atoms with E-state index in [4.69, 9.17) is 10.7 Å². The van der Waals surface area contributed by atoms with Crippen LogP contribution in [-0.4, -0.2) is 47.7 Å². The van der Waals surface area contributed by atoms with Gasteiger partial charge in [-0.2, -0.15) is 10.5 Å². The van der Waals surface area contributed by atoms with Gasteiger partial charge in [0.2, 0.25) is 5.91 Å². The summed E-state index contributed by atoms with van der Waals surface area (Å²) >= 11 is 1.37. The average Bonchev–Trinajstić information content (AvgIpc) is 3.53. The third-order valence-electron chi connectivity index (χ3n) is 6.56. The summed E-state index contributed by atoms with van der Waals surface area (Å²) < 4.78 is 13.8. The lowest BCUT2D eigenvalue weighted by Gasteiger charge is -2.36. The minimum atomic E-state index is -1.11. The van der Waals surface area contributed by atoms with Crippen molar-refractivity contribution in [3.63, 3.8) is 0 Å². The molecular formula is C26H19FN6O2S. The number of carbonyl (C=O) groups excluding carboxylic acids is 2. The molecule has 2 atom stereocenters. The molecule has 8 nitrogen and oxygen atoms in total. The number of hydrogen-bond acceptors (Lipinski definition) is 7. The summed E-state index contributed by atoms with van der Waals surface area (Å²) in [5, 5.41) is 18.7. The van der Waals surface area contributed by atoms with E-state index in [2.05, 4.69) is 12.1 Å². The summed E-state index contributed by atoms with van der Waals surface area (Å²) in [7, 11) is 1.54. The number of likely N-dealkylation sites (tertiary alicyclic amines) is 1. The third-order valence-corrected chi connectivity index (χ3v) is 7.87. The Balaban J connectivity index is 1.58. The number of thiophene rings is 1.